The maximum atomic E-state index is 0. The standard InChI is InChI=1S/Co.Ni.2H2O/h;;2*1H2/q;+2;;/p-2. The first-order valence-corrected chi connectivity index (χ1v) is 0. The fourth-order valence-corrected chi connectivity index (χ4v) is 0. The van der Waals surface area contributed by atoms with E-state index in [4.69, 9.17) is 0 Å². The molecule has 0 heterocycles. The van der Waals surface area contributed by atoms with Crippen LogP contribution in [0.3, 0.4) is 0 Å². The van der Waals surface area contributed by atoms with E-state index in [1.807, 2.05) is 0 Å². The third kappa shape index (κ3) is 12.7. The molecule has 0 aromatic rings. The summed E-state index contributed by atoms with van der Waals surface area (Å²) in [5.41, 5.74) is 0. The SMILES string of the molecule is [Co].[Ni+2].[OH-].[OH-]. The monoisotopic (exact) mass is 151 g/mol. The van der Waals surface area contributed by atoms with Crippen molar-refractivity contribution in [3.8, 4) is 0 Å². The second kappa shape index (κ2) is 39.5. The zero-order chi connectivity index (χ0) is 0. The van der Waals surface area contributed by atoms with E-state index in [2.05, 4.69) is 0 Å². The van der Waals surface area contributed by atoms with Gasteiger partial charge in [0.05, 0.1) is 0 Å². The smallest absolute Gasteiger partial charge is 0.870 e. The third-order valence-corrected chi connectivity index (χ3v) is 0. The van der Waals surface area contributed by atoms with Crippen molar-refractivity contribution < 1.29 is 44.2 Å². The fourth-order valence-electron chi connectivity index (χ4n) is 0. The van der Waals surface area contributed by atoms with Crippen molar-refractivity contribution in [1.29, 1.82) is 0 Å². The summed E-state index contributed by atoms with van der Waals surface area (Å²) in [6, 6.07) is 0. The number of rotatable bonds is 0. The van der Waals surface area contributed by atoms with Crippen LogP contribution in [-0.4, -0.2) is 11.0 Å². The van der Waals surface area contributed by atoms with E-state index < -0.39 is 0 Å². The van der Waals surface area contributed by atoms with Crippen molar-refractivity contribution >= 4 is 0 Å². The van der Waals surface area contributed by atoms with Gasteiger partial charge in [0.25, 0.3) is 0 Å². The first-order chi connectivity index (χ1) is 0. The Labute approximate surface area is 44.7 Å². The molecule has 1 radical (unpaired) electrons. The van der Waals surface area contributed by atoms with Crippen LogP contribution >= 0.6 is 0 Å². The molecule has 0 fully saturated rings. The Morgan fingerprint density at radius 3 is 0.750 bits per heavy atom. The van der Waals surface area contributed by atoms with E-state index in [1.165, 1.54) is 0 Å². The summed E-state index contributed by atoms with van der Waals surface area (Å²) in [5.74, 6) is 0. The van der Waals surface area contributed by atoms with Gasteiger partial charge in [-0.2, -0.15) is 0 Å². The van der Waals surface area contributed by atoms with Crippen LogP contribution in [0.1, 0.15) is 0 Å². The molecule has 0 aliphatic rings. The molecule has 0 spiro atoms. The Morgan fingerprint density at radius 2 is 0.750 bits per heavy atom. The van der Waals surface area contributed by atoms with Gasteiger partial charge in [-0.05, 0) is 0 Å². The maximum Gasteiger partial charge on any atom is 2.00 e. The molecule has 0 aliphatic carbocycles. The molecule has 0 aromatic carbocycles. The van der Waals surface area contributed by atoms with Gasteiger partial charge in [-0.25, -0.2) is 0 Å². The normalized spacial score (nSPS) is 0. The molecule has 33 valence electrons. The molecular formula is H2CoNiO2. The van der Waals surface area contributed by atoms with Crippen molar-refractivity contribution in [2.24, 2.45) is 0 Å². The van der Waals surface area contributed by atoms with Crippen molar-refractivity contribution in [3.05, 3.63) is 0 Å². The van der Waals surface area contributed by atoms with Crippen LogP contribution in [0.15, 0.2) is 0 Å². The van der Waals surface area contributed by atoms with Gasteiger partial charge in [0.15, 0.2) is 0 Å². The number of hydrogen-bond donors (Lipinski definition) is 0. The molecule has 0 bridgehead atoms. The van der Waals surface area contributed by atoms with Gasteiger partial charge in [0.2, 0.25) is 0 Å². The van der Waals surface area contributed by atoms with Crippen LogP contribution in [0.4, 0.5) is 0 Å². The van der Waals surface area contributed by atoms with Gasteiger partial charge in [-0.3, -0.25) is 0 Å². The quantitative estimate of drug-likeness (QED) is 0.444. The fraction of sp³-hybridized carbons (Fsp3) is 0. The average molecular weight is 152 g/mol. The Balaban J connectivity index is 0. The minimum atomic E-state index is 0. The molecule has 0 unspecified atom stereocenters. The molecular weight excluding hydrogens is 150 g/mol. The first-order valence-electron chi connectivity index (χ1n) is 0. The molecule has 2 N–H and O–H groups in total. The van der Waals surface area contributed by atoms with Gasteiger partial charge < -0.3 is 11.0 Å². The second-order valence-electron chi connectivity index (χ2n) is 0. The Hall–Kier alpha value is 0.920. The molecule has 4 heteroatoms. The second-order valence-corrected chi connectivity index (χ2v) is 0. The molecule has 0 amide bonds. The third-order valence-electron chi connectivity index (χ3n) is 0. The van der Waals surface area contributed by atoms with Crippen molar-refractivity contribution in [2.45, 2.75) is 0 Å². The van der Waals surface area contributed by atoms with E-state index in [9.17, 15) is 0 Å². The molecule has 0 aromatic heterocycles. The van der Waals surface area contributed by atoms with Crippen molar-refractivity contribution in [3.63, 3.8) is 0 Å². The van der Waals surface area contributed by atoms with Crippen LogP contribution in [0.2, 0.25) is 0 Å². The molecule has 0 aliphatic heterocycles. The van der Waals surface area contributed by atoms with Crippen LogP contribution < -0.4 is 0 Å². The first kappa shape index (κ1) is 89.3. The summed E-state index contributed by atoms with van der Waals surface area (Å²) in [4.78, 5) is 0. The molecule has 0 atom stereocenters. The predicted molar refractivity (Wildman–Crippen MR) is 3.87 cm³/mol. The van der Waals surface area contributed by atoms with Gasteiger partial charge in [0, 0.05) is 16.8 Å². The van der Waals surface area contributed by atoms with Gasteiger partial charge in [0.1, 0.15) is 0 Å². The van der Waals surface area contributed by atoms with Gasteiger partial charge in [-0.15, -0.1) is 0 Å². The van der Waals surface area contributed by atoms with Gasteiger partial charge >= 0.3 is 16.5 Å². The number of hydrogen-bond acceptors (Lipinski definition) is 2. The summed E-state index contributed by atoms with van der Waals surface area (Å²) in [6.07, 6.45) is 0. The molecule has 0 rings (SSSR count). The molecule has 0 saturated heterocycles. The van der Waals surface area contributed by atoms with Crippen LogP contribution in [-0.2, 0) is 33.3 Å². The zero-order valence-electron chi connectivity index (χ0n) is 1.54. The predicted octanol–water partition coefficient (Wildman–Crippen LogP) is -0.359. The summed E-state index contributed by atoms with van der Waals surface area (Å²) >= 11 is 0. The Kier molecular flexibility index (Phi) is 882. The minimum absolute atomic E-state index is 0. The summed E-state index contributed by atoms with van der Waals surface area (Å²) < 4.78 is 0. The van der Waals surface area contributed by atoms with Gasteiger partial charge in [-0.1, -0.05) is 0 Å². The van der Waals surface area contributed by atoms with Crippen LogP contribution in [0, 0.1) is 0 Å². The van der Waals surface area contributed by atoms with E-state index >= 15 is 0 Å². The largest absolute Gasteiger partial charge is 2.00 e. The molecule has 2 nitrogen and oxygen atoms in total. The molecule has 4 heavy (non-hydrogen) atoms. The van der Waals surface area contributed by atoms with E-state index in [1.54, 1.807) is 0 Å². The van der Waals surface area contributed by atoms with Crippen LogP contribution in [0.25, 0.3) is 0 Å². The minimum Gasteiger partial charge on any atom is -0.870 e. The summed E-state index contributed by atoms with van der Waals surface area (Å²) in [7, 11) is 0. The van der Waals surface area contributed by atoms with Crippen molar-refractivity contribution in [1.82, 2.24) is 0 Å². The summed E-state index contributed by atoms with van der Waals surface area (Å²) in [5, 5.41) is 0. The van der Waals surface area contributed by atoms with Crippen molar-refractivity contribution in [2.75, 3.05) is 0 Å². The summed E-state index contributed by atoms with van der Waals surface area (Å²) in [6.45, 7) is 0. The molecule has 0 saturated carbocycles. The Morgan fingerprint density at radius 1 is 0.750 bits per heavy atom. The topological polar surface area (TPSA) is 60.0 Å². The van der Waals surface area contributed by atoms with E-state index in [0.29, 0.717) is 0 Å². The zero-order valence-corrected chi connectivity index (χ0v) is 3.57. The Bertz CT molecular complexity index is 6.00. The van der Waals surface area contributed by atoms with E-state index in [0.717, 1.165) is 0 Å². The average Bonchev–Trinajstić information content (AvgIpc) is 0. The maximum absolute atomic E-state index is 0. The van der Waals surface area contributed by atoms with E-state index in [-0.39, 0.29) is 44.2 Å². The van der Waals surface area contributed by atoms with Crippen LogP contribution in [0.5, 0.6) is 0 Å².